The van der Waals surface area contributed by atoms with Crippen LogP contribution in [0.1, 0.15) is 43.7 Å². The zero-order valence-electron chi connectivity index (χ0n) is 14.9. The predicted molar refractivity (Wildman–Crippen MR) is 105 cm³/mol. The fourth-order valence-electron chi connectivity index (χ4n) is 3.74. The summed E-state index contributed by atoms with van der Waals surface area (Å²) >= 11 is 0. The van der Waals surface area contributed by atoms with Gasteiger partial charge in [-0.1, -0.05) is 68.8 Å². The lowest BCUT2D eigenvalue weighted by molar-refractivity contribution is 0.442. The van der Waals surface area contributed by atoms with Gasteiger partial charge in [0.2, 0.25) is 7.37 Å². The second kappa shape index (κ2) is 7.59. The van der Waals surface area contributed by atoms with Crippen LogP contribution in [-0.2, 0) is 10.7 Å². The number of aromatic nitrogens is 1. The van der Waals surface area contributed by atoms with Gasteiger partial charge in [0.1, 0.15) is 0 Å². The molecule has 132 valence electrons. The molecule has 0 spiro atoms. The zero-order valence-corrected chi connectivity index (χ0v) is 15.7. The van der Waals surface area contributed by atoms with Gasteiger partial charge in [-0.05, 0) is 29.5 Å². The Kier molecular flexibility index (Phi) is 5.46. The third kappa shape index (κ3) is 3.89. The topological polar surface area (TPSA) is 53.1 Å². The number of aromatic amines is 1. The lowest BCUT2D eigenvalue weighted by atomic mass is 9.94. The minimum atomic E-state index is -3.33. The Morgan fingerprint density at radius 2 is 1.76 bits per heavy atom. The second-order valence-electron chi connectivity index (χ2n) is 6.83. The van der Waals surface area contributed by atoms with Crippen LogP contribution in [0.25, 0.3) is 10.9 Å². The largest absolute Gasteiger partial charge is 0.361 e. The quantitative estimate of drug-likeness (QED) is 0.518. The van der Waals surface area contributed by atoms with E-state index in [1.807, 2.05) is 54.7 Å². The minimum absolute atomic E-state index is 0.0237. The highest BCUT2D eigenvalue weighted by molar-refractivity contribution is 7.58. The molecule has 0 aliphatic rings. The maximum atomic E-state index is 13.3. The Hall–Kier alpha value is -1.83. The molecule has 0 amide bonds. The van der Waals surface area contributed by atoms with Crippen molar-refractivity contribution in [1.82, 2.24) is 4.98 Å². The molecule has 3 unspecified atom stereocenters. The van der Waals surface area contributed by atoms with E-state index >= 15 is 0 Å². The molecule has 1 heterocycles. The van der Waals surface area contributed by atoms with Gasteiger partial charge in [-0.2, -0.15) is 0 Å². The van der Waals surface area contributed by atoms with Crippen molar-refractivity contribution < 1.29 is 9.46 Å². The summed E-state index contributed by atoms with van der Waals surface area (Å²) in [6.45, 7) is 4.17. The SMILES string of the molecule is CCCC(C(C)c1c[nH]c2ccccc12)P(=O)(O)Cc1ccccc1. The van der Waals surface area contributed by atoms with Crippen LogP contribution in [0.2, 0.25) is 0 Å². The standard InChI is InChI=1S/C21H26NO2P/c1-3-9-21(25(23,24)15-17-10-5-4-6-11-17)16(2)19-14-22-20-13-8-7-12-18(19)20/h4-8,10-14,16,21-22H,3,9,15H2,1-2H3,(H,23,24). The summed E-state index contributed by atoms with van der Waals surface area (Å²) in [6.07, 6.45) is 3.89. The van der Waals surface area contributed by atoms with E-state index in [9.17, 15) is 9.46 Å². The molecule has 0 saturated heterocycles. The van der Waals surface area contributed by atoms with Crippen molar-refractivity contribution in [2.45, 2.75) is 44.4 Å². The average molecular weight is 355 g/mol. The van der Waals surface area contributed by atoms with Crippen LogP contribution in [0.15, 0.2) is 60.8 Å². The molecule has 0 bridgehead atoms. The fraction of sp³-hybridized carbons (Fsp3) is 0.333. The Morgan fingerprint density at radius 1 is 1.08 bits per heavy atom. The van der Waals surface area contributed by atoms with Gasteiger partial charge in [0, 0.05) is 28.9 Å². The van der Waals surface area contributed by atoms with Crippen molar-refractivity contribution >= 4 is 18.3 Å². The van der Waals surface area contributed by atoms with Crippen LogP contribution in [0.4, 0.5) is 0 Å². The Balaban J connectivity index is 1.93. The van der Waals surface area contributed by atoms with E-state index in [0.29, 0.717) is 0 Å². The van der Waals surface area contributed by atoms with E-state index in [2.05, 4.69) is 24.9 Å². The monoisotopic (exact) mass is 355 g/mol. The smallest absolute Gasteiger partial charge is 0.208 e. The van der Waals surface area contributed by atoms with E-state index < -0.39 is 7.37 Å². The van der Waals surface area contributed by atoms with Crippen molar-refractivity contribution in [3.63, 3.8) is 0 Å². The minimum Gasteiger partial charge on any atom is -0.361 e. The van der Waals surface area contributed by atoms with Crippen molar-refractivity contribution in [1.29, 1.82) is 0 Å². The summed E-state index contributed by atoms with van der Waals surface area (Å²) in [5.74, 6) is 0.0237. The molecule has 0 aliphatic carbocycles. The summed E-state index contributed by atoms with van der Waals surface area (Å²) < 4.78 is 13.3. The maximum absolute atomic E-state index is 13.3. The molecule has 3 aromatic rings. The number of hydrogen-bond donors (Lipinski definition) is 2. The van der Waals surface area contributed by atoms with Crippen LogP contribution in [0.3, 0.4) is 0 Å². The first kappa shape index (κ1) is 18.0. The number of rotatable bonds is 7. The number of hydrogen-bond acceptors (Lipinski definition) is 1. The molecule has 3 rings (SSSR count). The Morgan fingerprint density at radius 3 is 2.48 bits per heavy atom. The van der Waals surface area contributed by atoms with Gasteiger partial charge < -0.3 is 9.88 Å². The van der Waals surface area contributed by atoms with Crippen molar-refractivity contribution in [2.24, 2.45) is 0 Å². The molecule has 2 aromatic carbocycles. The average Bonchev–Trinajstić information content (AvgIpc) is 3.03. The number of benzene rings is 2. The highest BCUT2D eigenvalue weighted by atomic mass is 31.2. The first-order valence-electron chi connectivity index (χ1n) is 8.94. The van der Waals surface area contributed by atoms with Gasteiger partial charge in [-0.3, -0.25) is 4.57 Å². The molecular weight excluding hydrogens is 329 g/mol. The highest BCUT2D eigenvalue weighted by Gasteiger charge is 2.36. The molecule has 2 N–H and O–H groups in total. The number of H-pyrrole nitrogens is 1. The summed E-state index contributed by atoms with van der Waals surface area (Å²) in [5.41, 5.74) is 2.91. The summed E-state index contributed by atoms with van der Waals surface area (Å²) in [5, 5.41) is 1.15. The van der Waals surface area contributed by atoms with Gasteiger partial charge in [0.15, 0.2) is 0 Å². The van der Waals surface area contributed by atoms with Crippen LogP contribution >= 0.6 is 7.37 Å². The third-order valence-electron chi connectivity index (χ3n) is 5.04. The second-order valence-corrected chi connectivity index (χ2v) is 9.32. The maximum Gasteiger partial charge on any atom is 0.208 e. The number of para-hydroxylation sites is 1. The van der Waals surface area contributed by atoms with Crippen molar-refractivity contribution in [3.05, 3.63) is 71.9 Å². The van der Waals surface area contributed by atoms with Crippen LogP contribution in [-0.4, -0.2) is 15.5 Å². The molecule has 25 heavy (non-hydrogen) atoms. The summed E-state index contributed by atoms with van der Waals surface area (Å²) in [6, 6.07) is 17.8. The van der Waals surface area contributed by atoms with Crippen molar-refractivity contribution in [2.75, 3.05) is 0 Å². The number of nitrogens with one attached hydrogen (secondary N) is 1. The first-order valence-corrected chi connectivity index (χ1v) is 10.9. The molecule has 3 atom stereocenters. The number of fused-ring (bicyclic) bond motifs is 1. The van der Waals surface area contributed by atoms with E-state index in [1.165, 1.54) is 0 Å². The van der Waals surface area contributed by atoms with Crippen molar-refractivity contribution in [3.8, 4) is 0 Å². The molecule has 1 aromatic heterocycles. The molecular formula is C21H26NO2P. The van der Waals surface area contributed by atoms with Gasteiger partial charge in [0.25, 0.3) is 0 Å². The zero-order chi connectivity index (χ0) is 17.9. The molecule has 0 radical (unpaired) electrons. The Labute approximate surface area is 149 Å². The van der Waals surface area contributed by atoms with E-state index in [4.69, 9.17) is 0 Å². The van der Waals surface area contributed by atoms with E-state index in [-0.39, 0.29) is 17.7 Å². The first-order chi connectivity index (χ1) is 12.0. The normalized spacial score (nSPS) is 16.4. The van der Waals surface area contributed by atoms with Crippen LogP contribution < -0.4 is 0 Å². The predicted octanol–water partition coefficient (Wildman–Crippen LogP) is 5.91. The van der Waals surface area contributed by atoms with Gasteiger partial charge >= 0.3 is 0 Å². The lowest BCUT2D eigenvalue weighted by Crippen LogP contribution is -2.18. The van der Waals surface area contributed by atoms with Gasteiger partial charge in [-0.15, -0.1) is 0 Å². The molecule has 0 aliphatic heterocycles. The molecule has 0 saturated carbocycles. The van der Waals surface area contributed by atoms with Crippen LogP contribution in [0, 0.1) is 0 Å². The fourth-order valence-corrected chi connectivity index (χ4v) is 6.23. The third-order valence-corrected chi connectivity index (χ3v) is 7.60. The summed E-state index contributed by atoms with van der Waals surface area (Å²) in [4.78, 5) is 14.2. The molecule has 4 heteroatoms. The van der Waals surface area contributed by atoms with E-state index in [1.54, 1.807) is 0 Å². The molecule has 3 nitrogen and oxygen atoms in total. The lowest BCUT2D eigenvalue weighted by Gasteiger charge is -2.28. The summed E-state index contributed by atoms with van der Waals surface area (Å²) in [7, 11) is -3.33. The molecule has 0 fully saturated rings. The highest BCUT2D eigenvalue weighted by Crippen LogP contribution is 2.56. The van der Waals surface area contributed by atoms with Crippen LogP contribution in [0.5, 0.6) is 0 Å². The van der Waals surface area contributed by atoms with E-state index in [0.717, 1.165) is 34.9 Å². The van der Waals surface area contributed by atoms with Gasteiger partial charge in [0.05, 0.1) is 0 Å². The van der Waals surface area contributed by atoms with Gasteiger partial charge in [-0.25, -0.2) is 0 Å². The Bertz CT molecular complexity index is 872.